The number of ether oxygens (including phenoxy) is 1. The van der Waals surface area contributed by atoms with Gasteiger partial charge in [-0.1, -0.05) is 61.8 Å². The average Bonchev–Trinajstić information content (AvgIpc) is 2.92. The summed E-state index contributed by atoms with van der Waals surface area (Å²) in [6.07, 6.45) is 0.185. The van der Waals surface area contributed by atoms with E-state index in [1.54, 1.807) is 0 Å². The van der Waals surface area contributed by atoms with Gasteiger partial charge in [0.05, 0.1) is 13.2 Å². The van der Waals surface area contributed by atoms with E-state index in [2.05, 4.69) is 64.7 Å². The number of carbonyl (C=O) groups excluding carboxylic acids is 1. The minimum atomic E-state index is -5.06. The van der Waals surface area contributed by atoms with Gasteiger partial charge in [0.15, 0.2) is 0 Å². The van der Waals surface area contributed by atoms with Crippen LogP contribution >= 0.6 is 7.82 Å². The SMILES string of the molecule is CC(CCC(COP(=O)([O-])OC1=C([O-])C(C(O)CO)OC1=O)C(C)CC(C)(C)C)CC(C)(C)C.[Na+]. The van der Waals surface area contributed by atoms with Gasteiger partial charge in [0.1, 0.15) is 12.2 Å². The number of aliphatic hydroxyl groups excluding tert-OH is 2. The number of esters is 1. The van der Waals surface area contributed by atoms with E-state index in [0.29, 0.717) is 5.92 Å². The van der Waals surface area contributed by atoms with Gasteiger partial charge in [-0.3, -0.25) is 4.57 Å². The molecule has 0 fully saturated rings. The topological polar surface area (TPSA) is 148 Å². The first-order valence-corrected chi connectivity index (χ1v) is 13.4. The summed E-state index contributed by atoms with van der Waals surface area (Å²) in [5.74, 6) is -3.01. The molecule has 1 aliphatic rings. The quantitative estimate of drug-likeness (QED) is 0.189. The molecular formula is C24H43NaO9P-. The number of carbonyl (C=O) groups is 1. The minimum Gasteiger partial charge on any atom is -0.870 e. The molecule has 0 spiro atoms. The van der Waals surface area contributed by atoms with Crippen molar-refractivity contribution < 1.29 is 72.9 Å². The molecule has 9 nitrogen and oxygen atoms in total. The molecule has 0 saturated heterocycles. The predicted molar refractivity (Wildman–Crippen MR) is 124 cm³/mol. The second-order valence-electron chi connectivity index (χ2n) is 12.1. The largest absolute Gasteiger partial charge is 1.00 e. The second-order valence-corrected chi connectivity index (χ2v) is 13.4. The first-order valence-electron chi connectivity index (χ1n) is 11.9. The van der Waals surface area contributed by atoms with E-state index in [1.165, 1.54) is 0 Å². The zero-order chi connectivity index (χ0) is 26.5. The Labute approximate surface area is 232 Å². The summed E-state index contributed by atoms with van der Waals surface area (Å²) in [5.41, 5.74) is 0.243. The van der Waals surface area contributed by atoms with Gasteiger partial charge in [-0.25, -0.2) is 4.79 Å². The van der Waals surface area contributed by atoms with E-state index >= 15 is 0 Å². The predicted octanol–water partition coefficient (Wildman–Crippen LogP) is -0.116. The third kappa shape index (κ3) is 12.8. The molecular weight excluding hydrogens is 486 g/mol. The Morgan fingerprint density at radius 2 is 1.63 bits per heavy atom. The van der Waals surface area contributed by atoms with Gasteiger partial charge in [0, 0.05) is 0 Å². The second kappa shape index (κ2) is 14.1. The van der Waals surface area contributed by atoms with Crippen LogP contribution < -0.4 is 39.6 Å². The summed E-state index contributed by atoms with van der Waals surface area (Å²) in [4.78, 5) is 24.3. The fourth-order valence-electron chi connectivity index (χ4n) is 4.52. The van der Waals surface area contributed by atoms with Crippen molar-refractivity contribution in [1.29, 1.82) is 0 Å². The maximum Gasteiger partial charge on any atom is 1.00 e. The fourth-order valence-corrected chi connectivity index (χ4v) is 5.33. The van der Waals surface area contributed by atoms with Gasteiger partial charge in [-0.2, -0.15) is 0 Å². The van der Waals surface area contributed by atoms with E-state index in [4.69, 9.17) is 9.63 Å². The van der Waals surface area contributed by atoms with Gasteiger partial charge in [-0.05, 0) is 53.6 Å². The van der Waals surface area contributed by atoms with Crippen LogP contribution in [-0.2, 0) is 23.1 Å². The van der Waals surface area contributed by atoms with Crippen LogP contribution in [0.4, 0.5) is 0 Å². The molecule has 200 valence electrons. The number of cyclic esters (lactones) is 1. The zero-order valence-electron chi connectivity index (χ0n) is 22.8. The third-order valence-corrected chi connectivity index (χ3v) is 6.69. The Morgan fingerprint density at radius 3 is 2.11 bits per heavy atom. The number of phosphoric acid groups is 1. The smallest absolute Gasteiger partial charge is 0.870 e. The molecule has 1 rings (SSSR count). The van der Waals surface area contributed by atoms with Crippen molar-refractivity contribution in [1.82, 2.24) is 0 Å². The average molecular weight is 530 g/mol. The van der Waals surface area contributed by atoms with Crippen molar-refractivity contribution in [3.63, 3.8) is 0 Å². The van der Waals surface area contributed by atoms with Crippen molar-refractivity contribution >= 4 is 13.8 Å². The Kier molecular flexibility index (Phi) is 14.1. The van der Waals surface area contributed by atoms with Crippen LogP contribution in [0.5, 0.6) is 0 Å². The number of hydrogen-bond acceptors (Lipinski definition) is 9. The minimum absolute atomic E-state index is 0. The van der Waals surface area contributed by atoms with Crippen LogP contribution in [0.3, 0.4) is 0 Å². The van der Waals surface area contributed by atoms with Gasteiger partial charge >= 0.3 is 43.3 Å². The Bertz CT molecular complexity index is 757. The van der Waals surface area contributed by atoms with Crippen molar-refractivity contribution in [2.75, 3.05) is 13.2 Å². The monoisotopic (exact) mass is 529 g/mol. The standard InChI is InChI=1S/C24H45O9P.Na/c1-15(11-23(3,4)5)9-10-17(16(2)12-24(6,7)8)14-31-34(29,30)33-21-19(27)20(18(26)13-25)32-22(21)28;/h15-18,20,25-27H,9-14H2,1-8H3,(H,29,30);/q;+1/p-2. The molecule has 0 saturated carbocycles. The third-order valence-electron chi connectivity index (χ3n) is 5.82. The molecule has 0 aliphatic carbocycles. The van der Waals surface area contributed by atoms with Crippen molar-refractivity contribution in [3.8, 4) is 0 Å². The maximum atomic E-state index is 12.5. The Hall–Kier alpha value is -0.120. The van der Waals surface area contributed by atoms with E-state index in [9.17, 15) is 24.5 Å². The number of aliphatic hydroxyl groups is 2. The number of rotatable bonds is 13. The van der Waals surface area contributed by atoms with Crippen LogP contribution in [0.25, 0.3) is 0 Å². The normalized spacial score (nSPS) is 22.0. The van der Waals surface area contributed by atoms with Crippen LogP contribution in [0.15, 0.2) is 11.5 Å². The molecule has 0 bridgehead atoms. The van der Waals surface area contributed by atoms with Crippen LogP contribution in [0.1, 0.15) is 81.1 Å². The van der Waals surface area contributed by atoms with Gasteiger partial charge in [0.2, 0.25) is 5.76 Å². The first kappa shape index (κ1) is 34.9. The van der Waals surface area contributed by atoms with Gasteiger partial charge < -0.3 is 34.0 Å². The summed E-state index contributed by atoms with van der Waals surface area (Å²) >= 11 is 0. The van der Waals surface area contributed by atoms with Gasteiger partial charge in [-0.15, -0.1) is 0 Å². The summed E-state index contributed by atoms with van der Waals surface area (Å²) in [7, 11) is -5.06. The molecule has 0 aromatic carbocycles. The van der Waals surface area contributed by atoms with Crippen LogP contribution in [0, 0.1) is 28.6 Å². The molecule has 0 aromatic rings. The number of hydrogen-bond donors (Lipinski definition) is 2. The summed E-state index contributed by atoms with van der Waals surface area (Å²) < 4.78 is 26.9. The molecule has 2 N–H and O–H groups in total. The van der Waals surface area contributed by atoms with Crippen molar-refractivity contribution in [2.24, 2.45) is 28.6 Å². The molecule has 1 aliphatic heterocycles. The van der Waals surface area contributed by atoms with Gasteiger partial charge in [0.25, 0.3) is 0 Å². The maximum absolute atomic E-state index is 12.5. The molecule has 1 heterocycles. The molecule has 6 unspecified atom stereocenters. The first-order chi connectivity index (χ1) is 15.3. The summed E-state index contributed by atoms with van der Waals surface area (Å²) in [5, 5.41) is 30.7. The van der Waals surface area contributed by atoms with Crippen molar-refractivity contribution in [3.05, 3.63) is 11.5 Å². The van der Waals surface area contributed by atoms with Crippen molar-refractivity contribution in [2.45, 2.75) is 93.3 Å². The molecule has 11 heteroatoms. The molecule has 35 heavy (non-hydrogen) atoms. The van der Waals surface area contributed by atoms with Crippen LogP contribution in [0.2, 0.25) is 0 Å². The van der Waals surface area contributed by atoms with E-state index in [0.717, 1.165) is 25.7 Å². The Balaban J connectivity index is 0.0000116. The van der Waals surface area contributed by atoms with E-state index < -0.39 is 44.1 Å². The Morgan fingerprint density at radius 1 is 1.09 bits per heavy atom. The zero-order valence-corrected chi connectivity index (χ0v) is 25.7. The molecule has 6 atom stereocenters. The fraction of sp³-hybridized carbons (Fsp3) is 0.875. The van der Waals surface area contributed by atoms with E-state index in [1.807, 2.05) is 0 Å². The molecule has 0 radical (unpaired) electrons. The van der Waals surface area contributed by atoms with Crippen LogP contribution in [-0.4, -0.2) is 41.6 Å². The molecule has 0 aromatic heterocycles. The van der Waals surface area contributed by atoms with E-state index in [-0.39, 0.29) is 58.8 Å². The number of phosphoric ester groups is 1. The summed E-state index contributed by atoms with van der Waals surface area (Å²) in [6.45, 7) is 16.2. The molecule has 0 amide bonds. The summed E-state index contributed by atoms with van der Waals surface area (Å²) in [6, 6.07) is 0.